The van der Waals surface area contributed by atoms with E-state index in [1.807, 2.05) is 16.8 Å². The SMILES string of the molecule is O=c1c2sccc2[nH]c(=S)n1CCc1nccs1. The number of H-pyrrole nitrogens is 1. The number of aromatic nitrogens is 3. The Labute approximate surface area is 116 Å². The molecule has 0 spiro atoms. The van der Waals surface area contributed by atoms with Gasteiger partial charge in [0.2, 0.25) is 0 Å². The van der Waals surface area contributed by atoms with Gasteiger partial charge in [0.15, 0.2) is 4.77 Å². The van der Waals surface area contributed by atoms with Crippen molar-refractivity contribution in [2.24, 2.45) is 0 Å². The topological polar surface area (TPSA) is 50.7 Å². The van der Waals surface area contributed by atoms with Crippen LogP contribution in [0.2, 0.25) is 0 Å². The summed E-state index contributed by atoms with van der Waals surface area (Å²) in [5, 5.41) is 4.84. The van der Waals surface area contributed by atoms with Crippen LogP contribution >= 0.6 is 34.9 Å². The fraction of sp³-hybridized carbons (Fsp3) is 0.182. The lowest BCUT2D eigenvalue weighted by Gasteiger charge is -2.04. The molecule has 0 atom stereocenters. The first kappa shape index (κ1) is 11.8. The van der Waals surface area contributed by atoms with Gasteiger partial charge in [0.1, 0.15) is 4.70 Å². The van der Waals surface area contributed by atoms with Crippen LogP contribution in [0.15, 0.2) is 27.8 Å². The van der Waals surface area contributed by atoms with E-state index in [1.54, 1.807) is 22.1 Å². The molecule has 0 unspecified atom stereocenters. The zero-order valence-corrected chi connectivity index (χ0v) is 11.7. The maximum absolute atomic E-state index is 12.2. The summed E-state index contributed by atoms with van der Waals surface area (Å²) in [5.74, 6) is 0. The molecule has 1 N–H and O–H groups in total. The monoisotopic (exact) mass is 295 g/mol. The third-order valence-corrected chi connectivity index (χ3v) is 4.69. The zero-order chi connectivity index (χ0) is 12.5. The number of hydrogen-bond donors (Lipinski definition) is 1. The molecule has 0 aliphatic rings. The minimum absolute atomic E-state index is 0.0136. The van der Waals surface area contributed by atoms with Crippen LogP contribution in [0.4, 0.5) is 0 Å². The van der Waals surface area contributed by atoms with E-state index >= 15 is 0 Å². The van der Waals surface area contributed by atoms with Crippen molar-refractivity contribution in [3.05, 3.63) is 43.2 Å². The summed E-state index contributed by atoms with van der Waals surface area (Å²) >= 11 is 8.25. The van der Waals surface area contributed by atoms with Crippen LogP contribution in [0.5, 0.6) is 0 Å². The highest BCUT2D eigenvalue weighted by Gasteiger charge is 2.07. The Morgan fingerprint density at radius 2 is 2.28 bits per heavy atom. The Kier molecular flexibility index (Phi) is 3.11. The highest BCUT2D eigenvalue weighted by molar-refractivity contribution is 7.71. The minimum atomic E-state index is -0.0136. The molecule has 3 aromatic heterocycles. The van der Waals surface area contributed by atoms with Crippen molar-refractivity contribution in [2.45, 2.75) is 13.0 Å². The van der Waals surface area contributed by atoms with Gasteiger partial charge < -0.3 is 4.98 Å². The normalized spacial score (nSPS) is 11.1. The Bertz CT molecular complexity index is 782. The lowest BCUT2D eigenvalue weighted by atomic mass is 10.4. The van der Waals surface area contributed by atoms with Crippen molar-refractivity contribution >= 4 is 45.1 Å². The number of nitrogens with one attached hydrogen (secondary N) is 1. The maximum Gasteiger partial charge on any atom is 0.272 e. The zero-order valence-electron chi connectivity index (χ0n) is 9.25. The van der Waals surface area contributed by atoms with Gasteiger partial charge in [-0.2, -0.15) is 0 Å². The summed E-state index contributed by atoms with van der Waals surface area (Å²) in [5.41, 5.74) is 0.806. The van der Waals surface area contributed by atoms with E-state index in [4.69, 9.17) is 12.2 Å². The van der Waals surface area contributed by atoms with E-state index in [0.717, 1.165) is 21.6 Å². The van der Waals surface area contributed by atoms with E-state index in [-0.39, 0.29) is 5.56 Å². The number of aryl methyl sites for hydroxylation is 1. The summed E-state index contributed by atoms with van der Waals surface area (Å²) in [6.07, 6.45) is 2.50. The van der Waals surface area contributed by atoms with Crippen LogP contribution in [0.25, 0.3) is 10.2 Å². The van der Waals surface area contributed by atoms with Crippen LogP contribution in [0.3, 0.4) is 0 Å². The smallest absolute Gasteiger partial charge is 0.272 e. The molecule has 7 heteroatoms. The molecule has 0 fully saturated rings. The molecule has 0 amide bonds. The second-order valence-corrected chi connectivity index (χ2v) is 6.01. The number of thiazole rings is 1. The molecule has 18 heavy (non-hydrogen) atoms. The van der Waals surface area contributed by atoms with Gasteiger partial charge in [0.25, 0.3) is 5.56 Å². The van der Waals surface area contributed by atoms with E-state index in [0.29, 0.717) is 11.3 Å². The van der Waals surface area contributed by atoms with Crippen LogP contribution in [-0.4, -0.2) is 14.5 Å². The van der Waals surface area contributed by atoms with E-state index in [1.165, 1.54) is 11.3 Å². The average molecular weight is 295 g/mol. The van der Waals surface area contributed by atoms with Crippen molar-refractivity contribution in [1.29, 1.82) is 0 Å². The molecule has 0 radical (unpaired) electrons. The van der Waals surface area contributed by atoms with E-state index < -0.39 is 0 Å². The lowest BCUT2D eigenvalue weighted by Crippen LogP contribution is -2.22. The molecule has 0 bridgehead atoms. The molecule has 3 heterocycles. The van der Waals surface area contributed by atoms with Gasteiger partial charge in [-0.1, -0.05) is 0 Å². The molecule has 3 rings (SSSR count). The molecular weight excluding hydrogens is 286 g/mol. The Balaban J connectivity index is 2.01. The minimum Gasteiger partial charge on any atom is -0.331 e. The summed E-state index contributed by atoms with van der Waals surface area (Å²) < 4.78 is 2.81. The fourth-order valence-electron chi connectivity index (χ4n) is 1.76. The van der Waals surface area contributed by atoms with Crippen molar-refractivity contribution < 1.29 is 0 Å². The van der Waals surface area contributed by atoms with Gasteiger partial charge >= 0.3 is 0 Å². The van der Waals surface area contributed by atoms with Crippen LogP contribution < -0.4 is 5.56 Å². The number of aromatic amines is 1. The van der Waals surface area contributed by atoms with Gasteiger partial charge in [-0.05, 0) is 23.7 Å². The molecule has 92 valence electrons. The molecule has 3 aromatic rings. The lowest BCUT2D eigenvalue weighted by molar-refractivity contribution is 0.651. The van der Waals surface area contributed by atoms with Gasteiger partial charge in [-0.25, -0.2) is 4.98 Å². The highest BCUT2D eigenvalue weighted by atomic mass is 32.1. The first-order valence-corrected chi connectivity index (χ1v) is 7.51. The molecule has 0 aliphatic carbocycles. The Morgan fingerprint density at radius 1 is 1.39 bits per heavy atom. The summed E-state index contributed by atoms with van der Waals surface area (Å²) in [6, 6.07) is 1.88. The summed E-state index contributed by atoms with van der Waals surface area (Å²) in [4.78, 5) is 19.5. The highest BCUT2D eigenvalue weighted by Crippen LogP contribution is 2.14. The Hall–Kier alpha value is -1.31. The molecular formula is C11H9N3OS3. The molecule has 0 aromatic carbocycles. The molecule has 0 aliphatic heterocycles. The van der Waals surface area contributed by atoms with Gasteiger partial charge in [-0.15, -0.1) is 22.7 Å². The molecule has 0 saturated carbocycles. The van der Waals surface area contributed by atoms with Crippen molar-refractivity contribution in [2.75, 3.05) is 0 Å². The third kappa shape index (κ3) is 2.05. The maximum atomic E-state index is 12.2. The molecule has 0 saturated heterocycles. The first-order chi connectivity index (χ1) is 8.75. The number of rotatable bonds is 3. The van der Waals surface area contributed by atoms with Crippen molar-refractivity contribution in [3.63, 3.8) is 0 Å². The second-order valence-electron chi connectivity index (χ2n) is 3.73. The van der Waals surface area contributed by atoms with E-state index in [2.05, 4.69) is 9.97 Å². The Morgan fingerprint density at radius 3 is 3.06 bits per heavy atom. The quantitative estimate of drug-likeness (QED) is 0.756. The molecule has 4 nitrogen and oxygen atoms in total. The van der Waals surface area contributed by atoms with Crippen LogP contribution in [0.1, 0.15) is 5.01 Å². The fourth-order valence-corrected chi connectivity index (χ4v) is 3.45. The predicted molar refractivity (Wildman–Crippen MR) is 77.1 cm³/mol. The summed E-state index contributed by atoms with van der Waals surface area (Å²) in [6.45, 7) is 0.565. The number of thiophene rings is 1. The van der Waals surface area contributed by atoms with Gasteiger partial charge in [0.05, 0.1) is 10.5 Å². The van der Waals surface area contributed by atoms with Gasteiger partial charge in [0, 0.05) is 24.5 Å². The van der Waals surface area contributed by atoms with Crippen LogP contribution in [-0.2, 0) is 13.0 Å². The number of hydrogen-bond acceptors (Lipinski definition) is 5. The standard InChI is InChI=1S/C11H9N3OS3/c15-10-9-7(2-5-18-9)13-11(16)14(10)4-1-8-12-3-6-17-8/h2-3,5-6H,1,4H2,(H,13,16). The predicted octanol–water partition coefficient (Wildman–Crippen LogP) is 2.82. The van der Waals surface area contributed by atoms with Crippen molar-refractivity contribution in [1.82, 2.24) is 14.5 Å². The van der Waals surface area contributed by atoms with Crippen molar-refractivity contribution in [3.8, 4) is 0 Å². The number of fused-ring (bicyclic) bond motifs is 1. The average Bonchev–Trinajstić information content (AvgIpc) is 2.98. The van der Waals surface area contributed by atoms with E-state index in [9.17, 15) is 4.79 Å². The van der Waals surface area contributed by atoms with Crippen LogP contribution in [0, 0.1) is 4.77 Å². The first-order valence-electron chi connectivity index (χ1n) is 5.34. The third-order valence-electron chi connectivity index (χ3n) is 2.62. The second kappa shape index (κ2) is 4.75. The number of nitrogens with zero attached hydrogens (tertiary/aromatic N) is 2. The van der Waals surface area contributed by atoms with Gasteiger partial charge in [-0.3, -0.25) is 9.36 Å². The summed E-state index contributed by atoms with van der Waals surface area (Å²) in [7, 11) is 0. The largest absolute Gasteiger partial charge is 0.331 e.